The summed E-state index contributed by atoms with van der Waals surface area (Å²) in [6, 6.07) is 12.5. The fraction of sp³-hybridized carbons (Fsp3) is 0.211. The van der Waals surface area contributed by atoms with E-state index in [1.54, 1.807) is 28.8 Å². The quantitative estimate of drug-likeness (QED) is 0.752. The third kappa shape index (κ3) is 3.55. The number of carbonyl (C=O) groups is 1. The fourth-order valence-corrected chi connectivity index (χ4v) is 3.22. The first-order valence-electron chi connectivity index (χ1n) is 8.35. The largest absolute Gasteiger partial charge is 0.416 e. The zero-order valence-corrected chi connectivity index (χ0v) is 14.0. The molecule has 1 fully saturated rings. The molecule has 27 heavy (non-hydrogen) atoms. The Hall–Kier alpha value is -3.16. The molecule has 4 rings (SSSR count). The van der Waals surface area contributed by atoms with Gasteiger partial charge in [-0.05, 0) is 42.2 Å². The van der Waals surface area contributed by atoms with Gasteiger partial charge in [0, 0.05) is 11.6 Å². The van der Waals surface area contributed by atoms with E-state index in [0.717, 1.165) is 11.8 Å². The Labute approximate surface area is 152 Å². The van der Waals surface area contributed by atoms with Crippen LogP contribution in [0.5, 0.6) is 0 Å². The highest BCUT2D eigenvalue weighted by atomic mass is 19.4. The topological polar surface area (TPSA) is 59.8 Å². The first-order valence-corrected chi connectivity index (χ1v) is 8.35. The lowest BCUT2D eigenvalue weighted by atomic mass is 10.0. The van der Waals surface area contributed by atoms with E-state index < -0.39 is 23.6 Å². The fourth-order valence-electron chi connectivity index (χ4n) is 3.22. The molecule has 1 heterocycles. The molecule has 0 spiro atoms. The van der Waals surface area contributed by atoms with Crippen molar-refractivity contribution < 1.29 is 18.0 Å². The van der Waals surface area contributed by atoms with Crippen molar-refractivity contribution >= 4 is 11.6 Å². The molecular weight excluding hydrogens is 357 g/mol. The number of carbonyl (C=O) groups excluding carboxylic acids is 1. The summed E-state index contributed by atoms with van der Waals surface area (Å²) in [7, 11) is 0. The summed E-state index contributed by atoms with van der Waals surface area (Å²) in [5.74, 6) is -1.16. The average Bonchev–Trinajstić information content (AvgIpc) is 3.26. The zero-order chi connectivity index (χ0) is 19.0. The molecule has 1 aliphatic rings. The van der Waals surface area contributed by atoms with Crippen LogP contribution < -0.4 is 5.32 Å². The lowest BCUT2D eigenvalue weighted by molar-refractivity contribution is -0.138. The molecule has 3 aromatic rings. The van der Waals surface area contributed by atoms with E-state index in [1.807, 2.05) is 6.07 Å². The summed E-state index contributed by atoms with van der Waals surface area (Å²) in [6.07, 6.45) is -0.949. The van der Waals surface area contributed by atoms with Gasteiger partial charge in [-0.2, -0.15) is 13.2 Å². The normalized spacial score (nSPS) is 18.9. The Morgan fingerprint density at radius 3 is 2.56 bits per heavy atom. The summed E-state index contributed by atoms with van der Waals surface area (Å²) >= 11 is 0. The number of halogens is 3. The number of anilines is 1. The Morgan fingerprint density at radius 1 is 1.07 bits per heavy atom. The van der Waals surface area contributed by atoms with Crippen LogP contribution >= 0.6 is 0 Å². The molecule has 1 aromatic heterocycles. The van der Waals surface area contributed by atoms with Crippen molar-refractivity contribution in [2.24, 2.45) is 5.92 Å². The molecule has 5 nitrogen and oxygen atoms in total. The standard InChI is InChI=1S/C19H15F3N4O/c20-19(21,22)17-7-2-1-6-14(17)15-9-16(15)18(27)25-12-4-3-5-13(8-12)26-10-23-24-11-26/h1-8,10-11,15-16H,9H2,(H,25,27)/t15-,16-/m0/s1. The summed E-state index contributed by atoms with van der Waals surface area (Å²) in [6.45, 7) is 0. The molecule has 0 aliphatic heterocycles. The van der Waals surface area contributed by atoms with Crippen molar-refractivity contribution in [3.8, 4) is 5.69 Å². The highest BCUT2D eigenvalue weighted by molar-refractivity contribution is 5.95. The number of nitrogens with zero attached hydrogens (tertiary/aromatic N) is 3. The van der Waals surface area contributed by atoms with Gasteiger partial charge in [0.1, 0.15) is 12.7 Å². The van der Waals surface area contributed by atoms with Gasteiger partial charge >= 0.3 is 6.18 Å². The molecule has 2 atom stereocenters. The molecule has 1 N–H and O–H groups in total. The van der Waals surface area contributed by atoms with Crippen molar-refractivity contribution in [3.63, 3.8) is 0 Å². The van der Waals surface area contributed by atoms with Gasteiger partial charge in [0.25, 0.3) is 0 Å². The Morgan fingerprint density at radius 2 is 1.81 bits per heavy atom. The number of rotatable bonds is 4. The van der Waals surface area contributed by atoms with Gasteiger partial charge in [0.15, 0.2) is 0 Å². The second-order valence-electron chi connectivity index (χ2n) is 6.44. The van der Waals surface area contributed by atoms with Crippen LogP contribution in [0.25, 0.3) is 5.69 Å². The first-order chi connectivity index (χ1) is 12.9. The SMILES string of the molecule is O=C(Nc1cccc(-n2cnnc2)c1)[C@H]1C[C@H]1c1ccccc1C(F)(F)F. The van der Waals surface area contributed by atoms with Crippen molar-refractivity contribution in [1.29, 1.82) is 0 Å². The summed E-state index contributed by atoms with van der Waals surface area (Å²) in [4.78, 5) is 12.5. The third-order valence-corrected chi connectivity index (χ3v) is 4.62. The minimum atomic E-state index is -4.42. The Bertz CT molecular complexity index is 969. The third-order valence-electron chi connectivity index (χ3n) is 4.62. The van der Waals surface area contributed by atoms with Crippen molar-refractivity contribution in [3.05, 3.63) is 72.3 Å². The first kappa shape index (κ1) is 17.3. The molecule has 1 saturated carbocycles. The average molecular weight is 372 g/mol. The van der Waals surface area contributed by atoms with Crippen molar-refractivity contribution in [2.45, 2.75) is 18.5 Å². The highest BCUT2D eigenvalue weighted by Gasteiger charge is 2.47. The minimum absolute atomic E-state index is 0.184. The van der Waals surface area contributed by atoms with Crippen LogP contribution in [0.2, 0.25) is 0 Å². The molecular formula is C19H15F3N4O. The minimum Gasteiger partial charge on any atom is -0.326 e. The molecule has 0 radical (unpaired) electrons. The van der Waals surface area contributed by atoms with E-state index in [9.17, 15) is 18.0 Å². The maximum atomic E-state index is 13.2. The van der Waals surface area contributed by atoms with Gasteiger partial charge in [0.05, 0.1) is 11.3 Å². The number of aromatic nitrogens is 3. The Balaban J connectivity index is 1.48. The van der Waals surface area contributed by atoms with Gasteiger partial charge in [-0.1, -0.05) is 24.3 Å². The van der Waals surface area contributed by atoms with Crippen LogP contribution in [-0.4, -0.2) is 20.7 Å². The van der Waals surface area contributed by atoms with Crippen LogP contribution in [0, 0.1) is 5.92 Å². The van der Waals surface area contributed by atoms with Gasteiger partial charge in [-0.15, -0.1) is 10.2 Å². The van der Waals surface area contributed by atoms with Gasteiger partial charge in [0.2, 0.25) is 5.91 Å². The second-order valence-corrected chi connectivity index (χ2v) is 6.44. The molecule has 0 saturated heterocycles. The number of amides is 1. The van der Waals surface area contributed by atoms with Gasteiger partial charge < -0.3 is 5.32 Å². The molecule has 0 bridgehead atoms. The number of benzene rings is 2. The molecule has 138 valence electrons. The van der Waals surface area contributed by atoms with Crippen molar-refractivity contribution in [2.75, 3.05) is 5.32 Å². The van der Waals surface area contributed by atoms with Crippen LogP contribution in [0.4, 0.5) is 18.9 Å². The maximum absolute atomic E-state index is 13.2. The smallest absolute Gasteiger partial charge is 0.326 e. The monoisotopic (exact) mass is 372 g/mol. The van der Waals surface area contributed by atoms with E-state index in [0.29, 0.717) is 12.1 Å². The van der Waals surface area contributed by atoms with Crippen LogP contribution in [-0.2, 0) is 11.0 Å². The Kier molecular flexibility index (Phi) is 4.18. The van der Waals surface area contributed by atoms with E-state index in [1.165, 1.54) is 24.8 Å². The lowest BCUT2D eigenvalue weighted by Crippen LogP contribution is -2.15. The molecule has 8 heteroatoms. The number of hydrogen-bond donors (Lipinski definition) is 1. The summed E-state index contributed by atoms with van der Waals surface area (Å²) in [5, 5.41) is 10.3. The van der Waals surface area contributed by atoms with Crippen LogP contribution in [0.3, 0.4) is 0 Å². The van der Waals surface area contributed by atoms with Gasteiger partial charge in [-0.25, -0.2) is 0 Å². The molecule has 1 amide bonds. The van der Waals surface area contributed by atoms with E-state index in [4.69, 9.17) is 0 Å². The molecule has 2 aromatic carbocycles. The zero-order valence-electron chi connectivity index (χ0n) is 14.0. The number of alkyl halides is 3. The van der Waals surface area contributed by atoms with E-state index in [-0.39, 0.29) is 11.5 Å². The number of nitrogens with one attached hydrogen (secondary N) is 1. The predicted molar refractivity (Wildman–Crippen MR) is 92.3 cm³/mol. The summed E-state index contributed by atoms with van der Waals surface area (Å²) < 4.78 is 41.2. The van der Waals surface area contributed by atoms with Crippen LogP contribution in [0.1, 0.15) is 23.5 Å². The van der Waals surface area contributed by atoms with Crippen molar-refractivity contribution in [1.82, 2.24) is 14.8 Å². The highest BCUT2D eigenvalue weighted by Crippen LogP contribution is 2.51. The van der Waals surface area contributed by atoms with Gasteiger partial charge in [-0.3, -0.25) is 9.36 Å². The number of hydrogen-bond acceptors (Lipinski definition) is 3. The van der Waals surface area contributed by atoms with E-state index in [2.05, 4.69) is 15.5 Å². The molecule has 1 aliphatic carbocycles. The predicted octanol–water partition coefficient (Wildman–Crippen LogP) is 4.03. The summed E-state index contributed by atoms with van der Waals surface area (Å²) in [5.41, 5.74) is 0.858. The second kappa shape index (κ2) is 6.53. The van der Waals surface area contributed by atoms with Crippen LogP contribution in [0.15, 0.2) is 61.2 Å². The maximum Gasteiger partial charge on any atom is 0.416 e. The van der Waals surface area contributed by atoms with E-state index >= 15 is 0 Å². The lowest BCUT2D eigenvalue weighted by Gasteiger charge is -2.12. The molecule has 0 unspecified atom stereocenters.